The molecular weight excluding hydrogens is 320 g/mol. The highest BCUT2D eigenvalue weighted by Crippen LogP contribution is 2.21. The van der Waals surface area contributed by atoms with Crippen molar-refractivity contribution in [3.8, 4) is 0 Å². The third-order valence-electron chi connectivity index (χ3n) is 4.60. The predicted octanol–water partition coefficient (Wildman–Crippen LogP) is 0.852. The average Bonchev–Trinajstić information content (AvgIpc) is 3.15. The fourth-order valence-electron chi connectivity index (χ4n) is 3.30. The summed E-state index contributed by atoms with van der Waals surface area (Å²) in [5, 5.41) is 4.58. The first-order chi connectivity index (χ1) is 12.2. The van der Waals surface area contributed by atoms with Gasteiger partial charge in [-0.3, -0.25) is 14.2 Å². The van der Waals surface area contributed by atoms with Gasteiger partial charge in [0.25, 0.3) is 5.56 Å². The zero-order valence-electron chi connectivity index (χ0n) is 13.7. The van der Waals surface area contributed by atoms with Gasteiger partial charge in [-0.2, -0.15) is 5.10 Å². The highest BCUT2D eigenvalue weighted by Gasteiger charge is 2.26. The van der Waals surface area contributed by atoms with Gasteiger partial charge < -0.3 is 4.90 Å². The highest BCUT2D eigenvalue weighted by molar-refractivity contribution is 5.77. The van der Waals surface area contributed by atoms with E-state index in [2.05, 4.69) is 15.1 Å². The molecule has 2 aromatic heterocycles. The van der Waals surface area contributed by atoms with E-state index in [9.17, 15) is 9.59 Å². The first kappa shape index (κ1) is 15.5. The summed E-state index contributed by atoms with van der Waals surface area (Å²) in [5.41, 5.74) is 0.639. The van der Waals surface area contributed by atoms with E-state index in [-0.39, 0.29) is 24.1 Å². The number of carbonyl (C=O) groups is 1. The third kappa shape index (κ3) is 3.02. The molecule has 128 valence electrons. The molecule has 0 bridgehead atoms. The number of likely N-dealkylation sites (tertiary alicyclic amines) is 1. The minimum Gasteiger partial charge on any atom is -0.339 e. The fraction of sp³-hybridized carbons (Fsp3) is 0.353. The lowest BCUT2D eigenvalue weighted by molar-refractivity contribution is -0.133. The van der Waals surface area contributed by atoms with Crippen molar-refractivity contribution in [2.75, 3.05) is 13.1 Å². The van der Waals surface area contributed by atoms with Gasteiger partial charge >= 0.3 is 0 Å². The predicted molar refractivity (Wildman–Crippen MR) is 90.9 cm³/mol. The molecule has 0 radical (unpaired) electrons. The largest absolute Gasteiger partial charge is 0.339 e. The molecule has 8 nitrogen and oxygen atoms in total. The summed E-state index contributed by atoms with van der Waals surface area (Å²) in [6.07, 6.45) is 6.24. The molecule has 4 rings (SSSR count). The van der Waals surface area contributed by atoms with Crippen LogP contribution < -0.4 is 5.56 Å². The van der Waals surface area contributed by atoms with E-state index >= 15 is 0 Å². The Morgan fingerprint density at radius 1 is 1.24 bits per heavy atom. The van der Waals surface area contributed by atoms with Crippen LogP contribution in [-0.2, 0) is 11.3 Å². The number of rotatable bonds is 3. The van der Waals surface area contributed by atoms with Crippen molar-refractivity contribution >= 4 is 16.8 Å². The number of carbonyl (C=O) groups excluding carboxylic acids is 1. The Morgan fingerprint density at radius 2 is 2.12 bits per heavy atom. The average molecular weight is 338 g/mol. The van der Waals surface area contributed by atoms with Crippen LogP contribution in [0.2, 0.25) is 0 Å². The zero-order valence-corrected chi connectivity index (χ0v) is 13.7. The molecule has 25 heavy (non-hydrogen) atoms. The molecule has 0 aliphatic carbocycles. The van der Waals surface area contributed by atoms with Gasteiger partial charge in [0.15, 0.2) is 0 Å². The molecule has 0 N–H and O–H groups in total. The molecule has 8 heteroatoms. The highest BCUT2D eigenvalue weighted by atomic mass is 16.2. The zero-order chi connectivity index (χ0) is 17.2. The Morgan fingerprint density at radius 3 is 2.96 bits per heavy atom. The van der Waals surface area contributed by atoms with Gasteiger partial charge in [-0.25, -0.2) is 14.6 Å². The number of nitrogens with zero attached hydrogens (tertiary/aromatic N) is 6. The minimum absolute atomic E-state index is 0.0167. The van der Waals surface area contributed by atoms with Crippen molar-refractivity contribution in [2.45, 2.75) is 25.4 Å². The molecule has 3 heterocycles. The van der Waals surface area contributed by atoms with Crippen LogP contribution in [0.4, 0.5) is 0 Å². The van der Waals surface area contributed by atoms with Crippen LogP contribution in [-0.4, -0.2) is 48.2 Å². The van der Waals surface area contributed by atoms with E-state index in [1.807, 2.05) is 18.2 Å². The number of benzene rings is 1. The summed E-state index contributed by atoms with van der Waals surface area (Å²) in [6, 6.07) is 7.26. The molecule has 1 fully saturated rings. The molecule has 3 aromatic rings. The quantitative estimate of drug-likeness (QED) is 0.707. The van der Waals surface area contributed by atoms with E-state index in [0.717, 1.165) is 12.8 Å². The van der Waals surface area contributed by atoms with Crippen LogP contribution in [0.3, 0.4) is 0 Å². The smallest absolute Gasteiger partial charge is 0.261 e. The second-order valence-corrected chi connectivity index (χ2v) is 6.20. The summed E-state index contributed by atoms with van der Waals surface area (Å²) in [4.78, 5) is 35.3. The summed E-state index contributed by atoms with van der Waals surface area (Å²) in [6.45, 7) is 1.37. The summed E-state index contributed by atoms with van der Waals surface area (Å²) in [5.74, 6) is -0.0167. The van der Waals surface area contributed by atoms with Crippen molar-refractivity contribution in [1.82, 2.24) is 29.2 Å². The lowest BCUT2D eigenvalue weighted by Gasteiger charge is -2.33. The van der Waals surface area contributed by atoms with Gasteiger partial charge in [-0.1, -0.05) is 12.1 Å². The molecule has 1 atom stereocenters. The Balaban J connectivity index is 1.56. The topological polar surface area (TPSA) is 85.9 Å². The van der Waals surface area contributed by atoms with E-state index in [0.29, 0.717) is 24.0 Å². The van der Waals surface area contributed by atoms with Crippen LogP contribution >= 0.6 is 0 Å². The van der Waals surface area contributed by atoms with E-state index in [1.165, 1.54) is 17.3 Å². The first-order valence-corrected chi connectivity index (χ1v) is 8.28. The molecule has 1 aliphatic heterocycles. The maximum absolute atomic E-state index is 12.8. The molecule has 1 amide bonds. The van der Waals surface area contributed by atoms with Gasteiger partial charge in [0.1, 0.15) is 19.2 Å². The van der Waals surface area contributed by atoms with E-state index in [4.69, 9.17) is 0 Å². The molecule has 0 spiro atoms. The van der Waals surface area contributed by atoms with Gasteiger partial charge in [0.2, 0.25) is 5.91 Å². The van der Waals surface area contributed by atoms with Gasteiger partial charge in [-0.15, -0.1) is 0 Å². The van der Waals surface area contributed by atoms with Crippen LogP contribution in [0.25, 0.3) is 10.9 Å². The summed E-state index contributed by atoms with van der Waals surface area (Å²) < 4.78 is 3.17. The van der Waals surface area contributed by atoms with E-state index in [1.54, 1.807) is 21.9 Å². The molecule has 0 saturated carbocycles. The van der Waals surface area contributed by atoms with Crippen LogP contribution in [0.5, 0.6) is 0 Å². The van der Waals surface area contributed by atoms with E-state index < -0.39 is 0 Å². The number of aromatic nitrogens is 5. The standard InChI is InChI=1S/C17H18N6O2/c24-16(9-22-11-18-10-20-22)21-7-3-4-13(8-21)23-12-19-15-6-2-1-5-14(15)17(23)25/h1-2,5-6,10-13H,3-4,7-9H2/t13-/m1/s1. The van der Waals surface area contributed by atoms with Crippen molar-refractivity contribution in [3.05, 3.63) is 53.6 Å². The summed E-state index contributed by atoms with van der Waals surface area (Å²) in [7, 11) is 0. The summed E-state index contributed by atoms with van der Waals surface area (Å²) >= 11 is 0. The number of piperidine rings is 1. The SMILES string of the molecule is O=C(Cn1cncn1)N1CCC[C@@H](n2cnc3ccccc3c2=O)C1. The molecule has 1 aromatic carbocycles. The molecule has 1 saturated heterocycles. The lowest BCUT2D eigenvalue weighted by Crippen LogP contribution is -2.44. The van der Waals surface area contributed by atoms with Gasteiger partial charge in [-0.05, 0) is 25.0 Å². The van der Waals surface area contributed by atoms with Crippen LogP contribution in [0, 0.1) is 0 Å². The van der Waals surface area contributed by atoms with Crippen molar-refractivity contribution in [2.24, 2.45) is 0 Å². The monoisotopic (exact) mass is 338 g/mol. The minimum atomic E-state index is -0.0574. The van der Waals surface area contributed by atoms with Crippen LogP contribution in [0.1, 0.15) is 18.9 Å². The Labute approximate surface area is 143 Å². The lowest BCUT2D eigenvalue weighted by atomic mass is 10.1. The molecular formula is C17H18N6O2. The number of amides is 1. The Bertz CT molecular complexity index is 949. The molecule has 0 unspecified atom stereocenters. The Kier molecular flexibility index (Phi) is 4.01. The Hall–Kier alpha value is -3.03. The maximum Gasteiger partial charge on any atom is 0.261 e. The van der Waals surface area contributed by atoms with Crippen molar-refractivity contribution < 1.29 is 4.79 Å². The number of fused-ring (bicyclic) bond motifs is 1. The van der Waals surface area contributed by atoms with Crippen molar-refractivity contribution in [1.29, 1.82) is 0 Å². The first-order valence-electron chi connectivity index (χ1n) is 8.28. The second kappa shape index (κ2) is 6.46. The fourth-order valence-corrected chi connectivity index (χ4v) is 3.30. The number of hydrogen-bond acceptors (Lipinski definition) is 5. The maximum atomic E-state index is 12.8. The second-order valence-electron chi connectivity index (χ2n) is 6.20. The van der Waals surface area contributed by atoms with Gasteiger partial charge in [0.05, 0.1) is 23.3 Å². The molecule has 1 aliphatic rings. The number of hydrogen-bond donors (Lipinski definition) is 0. The van der Waals surface area contributed by atoms with Gasteiger partial charge in [0, 0.05) is 13.1 Å². The van der Waals surface area contributed by atoms with Crippen molar-refractivity contribution in [3.63, 3.8) is 0 Å². The normalized spacial score (nSPS) is 17.8. The van der Waals surface area contributed by atoms with Crippen LogP contribution in [0.15, 0.2) is 48.0 Å². The number of para-hydroxylation sites is 1. The third-order valence-corrected chi connectivity index (χ3v) is 4.60.